The normalized spacial score (nSPS) is 16.9. The Morgan fingerprint density at radius 3 is 2.68 bits per heavy atom. The van der Waals surface area contributed by atoms with Crippen LogP contribution in [0.3, 0.4) is 0 Å². The van der Waals surface area contributed by atoms with Crippen molar-refractivity contribution < 1.29 is 18.4 Å². The van der Waals surface area contributed by atoms with Crippen LogP contribution in [-0.4, -0.2) is 21.8 Å². The van der Waals surface area contributed by atoms with E-state index in [2.05, 4.69) is 20.6 Å². The fraction of sp³-hybridized carbons (Fsp3) is 0.208. The lowest BCUT2D eigenvalue weighted by Crippen LogP contribution is -2.30. The number of amides is 2. The van der Waals surface area contributed by atoms with Crippen LogP contribution in [0.25, 0.3) is 11.3 Å². The lowest BCUT2D eigenvalue weighted by atomic mass is 10.1. The van der Waals surface area contributed by atoms with Gasteiger partial charge in [0, 0.05) is 17.7 Å². The van der Waals surface area contributed by atoms with Gasteiger partial charge in [0.05, 0.1) is 11.7 Å². The van der Waals surface area contributed by atoms with Crippen LogP contribution in [0.15, 0.2) is 42.5 Å². The summed E-state index contributed by atoms with van der Waals surface area (Å²) in [6.07, 6.45) is 4.48. The first-order chi connectivity index (χ1) is 16.2. The van der Waals surface area contributed by atoms with Crippen molar-refractivity contribution in [3.63, 3.8) is 0 Å². The van der Waals surface area contributed by atoms with E-state index in [-0.39, 0.29) is 23.9 Å². The van der Waals surface area contributed by atoms with Gasteiger partial charge in [-0.1, -0.05) is 23.8 Å². The number of aryl methyl sites for hydroxylation is 1. The van der Waals surface area contributed by atoms with Crippen molar-refractivity contribution in [1.29, 1.82) is 0 Å². The minimum absolute atomic E-state index is 0.170. The summed E-state index contributed by atoms with van der Waals surface area (Å²) >= 11 is 6.43. The number of imidazole rings is 1. The second kappa shape index (κ2) is 9.64. The first kappa shape index (κ1) is 23.4. The average molecular weight is 486 g/mol. The molecule has 1 aromatic heterocycles. The maximum Gasteiger partial charge on any atom is 0.257 e. The van der Waals surface area contributed by atoms with Crippen LogP contribution in [0.1, 0.15) is 47.1 Å². The Morgan fingerprint density at radius 2 is 1.94 bits per heavy atom. The molecule has 34 heavy (non-hydrogen) atoms. The van der Waals surface area contributed by atoms with E-state index in [0.29, 0.717) is 40.4 Å². The zero-order valence-corrected chi connectivity index (χ0v) is 19.0. The number of rotatable bonds is 2. The molecule has 0 spiro atoms. The van der Waals surface area contributed by atoms with Crippen LogP contribution in [0.4, 0.5) is 20.2 Å². The Hall–Kier alpha value is -3.72. The summed E-state index contributed by atoms with van der Waals surface area (Å²) in [5, 5.41) is 5.64. The molecule has 1 aliphatic rings. The van der Waals surface area contributed by atoms with Crippen LogP contribution in [0, 0.1) is 18.6 Å². The van der Waals surface area contributed by atoms with E-state index >= 15 is 0 Å². The highest BCUT2D eigenvalue weighted by Crippen LogP contribution is 2.35. The SMILES string of the molecule is Cc1cc(F)c(C(=O)N[C@H]2C/C=C\CCC(=O)Nc3cc(N)ccc3-c3nc2[nH]c3Cl)c(F)c1. The molecule has 0 aliphatic carbocycles. The molecule has 2 amide bonds. The van der Waals surface area contributed by atoms with Gasteiger partial charge in [0.2, 0.25) is 5.91 Å². The van der Waals surface area contributed by atoms with Crippen LogP contribution >= 0.6 is 11.6 Å². The molecule has 10 heteroatoms. The van der Waals surface area contributed by atoms with E-state index < -0.39 is 29.1 Å². The molecule has 2 aromatic carbocycles. The van der Waals surface area contributed by atoms with E-state index in [1.807, 2.05) is 0 Å². The Bertz CT molecular complexity index is 1280. The summed E-state index contributed by atoms with van der Waals surface area (Å²) < 4.78 is 28.7. The summed E-state index contributed by atoms with van der Waals surface area (Å²) in [4.78, 5) is 32.7. The number of aromatic amines is 1. The second-order valence-corrected chi connectivity index (χ2v) is 8.39. The van der Waals surface area contributed by atoms with Gasteiger partial charge in [0.25, 0.3) is 5.91 Å². The minimum atomic E-state index is -0.954. The number of nitrogens with zero attached hydrogens (tertiary/aromatic N) is 1. The number of benzene rings is 2. The fourth-order valence-electron chi connectivity index (χ4n) is 3.75. The molecule has 0 saturated heterocycles. The predicted octanol–water partition coefficient (Wildman–Crippen LogP) is 5.05. The second-order valence-electron chi connectivity index (χ2n) is 8.01. The molecule has 3 aromatic rings. The quantitative estimate of drug-likeness (QED) is 0.300. The molecule has 1 atom stereocenters. The highest BCUT2D eigenvalue weighted by Gasteiger charge is 2.25. The molecule has 1 aliphatic heterocycles. The third kappa shape index (κ3) is 4.94. The summed E-state index contributed by atoms with van der Waals surface area (Å²) in [7, 11) is 0. The van der Waals surface area contributed by atoms with Gasteiger partial charge in [-0.2, -0.15) is 0 Å². The number of nitrogens with two attached hydrogens (primary N) is 1. The van der Waals surface area contributed by atoms with Gasteiger partial charge in [-0.05, 0) is 55.7 Å². The molecule has 0 saturated carbocycles. The number of H-pyrrole nitrogens is 1. The molecule has 4 rings (SSSR count). The van der Waals surface area contributed by atoms with Gasteiger partial charge >= 0.3 is 0 Å². The number of nitrogens with one attached hydrogen (secondary N) is 3. The molecule has 2 bridgehead atoms. The number of hydrogen-bond donors (Lipinski definition) is 4. The van der Waals surface area contributed by atoms with Crippen molar-refractivity contribution in [2.75, 3.05) is 11.1 Å². The first-order valence-electron chi connectivity index (χ1n) is 10.6. The highest BCUT2D eigenvalue weighted by atomic mass is 35.5. The van der Waals surface area contributed by atoms with E-state index in [1.54, 1.807) is 30.4 Å². The third-order valence-electron chi connectivity index (χ3n) is 5.38. The third-order valence-corrected chi connectivity index (χ3v) is 5.65. The van der Waals surface area contributed by atoms with Gasteiger partial charge in [-0.25, -0.2) is 13.8 Å². The summed E-state index contributed by atoms with van der Waals surface area (Å²) in [5.41, 5.74) is 7.34. The number of carbonyl (C=O) groups is 2. The zero-order valence-electron chi connectivity index (χ0n) is 18.2. The molecular weight excluding hydrogens is 464 g/mol. The van der Waals surface area contributed by atoms with Crippen molar-refractivity contribution in [1.82, 2.24) is 15.3 Å². The van der Waals surface area contributed by atoms with E-state index in [4.69, 9.17) is 17.3 Å². The Morgan fingerprint density at radius 1 is 1.21 bits per heavy atom. The van der Waals surface area contributed by atoms with Crippen molar-refractivity contribution in [3.8, 4) is 11.3 Å². The maximum absolute atomic E-state index is 14.4. The van der Waals surface area contributed by atoms with E-state index in [9.17, 15) is 18.4 Å². The largest absolute Gasteiger partial charge is 0.399 e. The number of hydrogen-bond acceptors (Lipinski definition) is 4. The van der Waals surface area contributed by atoms with Gasteiger partial charge < -0.3 is 21.4 Å². The van der Waals surface area contributed by atoms with E-state index in [0.717, 1.165) is 12.1 Å². The monoisotopic (exact) mass is 485 g/mol. The smallest absolute Gasteiger partial charge is 0.257 e. The number of halogens is 3. The number of fused-ring (bicyclic) bond motifs is 4. The lowest BCUT2D eigenvalue weighted by molar-refractivity contribution is -0.116. The number of allylic oxidation sites excluding steroid dienone is 1. The van der Waals surface area contributed by atoms with Gasteiger partial charge in [0.1, 0.15) is 33.9 Å². The van der Waals surface area contributed by atoms with Crippen LogP contribution < -0.4 is 16.4 Å². The zero-order chi connectivity index (χ0) is 24.4. The standard InChI is InChI=1S/C24H22ClF2N5O2/c1-12-9-15(26)20(16(27)10-12)24(34)30-17-5-3-2-4-6-19(33)29-18-11-13(28)7-8-14(18)21-22(25)32-23(17)31-21/h2-3,7-11,17H,4-6,28H2,1H3,(H,29,33)(H,30,34)(H,31,32)/b3-2-/t17-/m0/s1. The molecule has 7 nitrogen and oxygen atoms in total. The van der Waals surface area contributed by atoms with Gasteiger partial charge in [-0.3, -0.25) is 9.59 Å². The minimum Gasteiger partial charge on any atom is -0.399 e. The van der Waals surface area contributed by atoms with Crippen molar-refractivity contribution in [2.45, 2.75) is 32.2 Å². The molecule has 5 N–H and O–H groups in total. The number of anilines is 2. The molecule has 2 heterocycles. The van der Waals surface area contributed by atoms with Crippen molar-refractivity contribution in [3.05, 3.63) is 76.2 Å². The highest BCUT2D eigenvalue weighted by molar-refractivity contribution is 6.32. The van der Waals surface area contributed by atoms with Crippen LogP contribution in [0.2, 0.25) is 5.15 Å². The predicted molar refractivity (Wildman–Crippen MR) is 126 cm³/mol. The number of nitrogen functional groups attached to an aromatic ring is 1. The molecule has 176 valence electrons. The Balaban J connectivity index is 1.74. The number of carbonyl (C=O) groups excluding carboxylic acids is 2. The maximum atomic E-state index is 14.4. The van der Waals surface area contributed by atoms with Gasteiger partial charge in [0.15, 0.2) is 0 Å². The first-order valence-corrected chi connectivity index (χ1v) is 11.0. The van der Waals surface area contributed by atoms with E-state index in [1.165, 1.54) is 6.92 Å². The Kier molecular flexibility index (Phi) is 6.65. The summed E-state index contributed by atoms with van der Waals surface area (Å²) in [6, 6.07) is 6.36. The van der Waals surface area contributed by atoms with Crippen molar-refractivity contribution in [2.24, 2.45) is 0 Å². The lowest BCUT2D eigenvalue weighted by Gasteiger charge is -2.16. The Labute approximate surface area is 199 Å². The molecule has 0 radical (unpaired) electrons. The summed E-state index contributed by atoms with van der Waals surface area (Å²) in [5.74, 6) is -2.75. The average Bonchev–Trinajstić information content (AvgIpc) is 3.13. The topological polar surface area (TPSA) is 113 Å². The van der Waals surface area contributed by atoms with Crippen LogP contribution in [-0.2, 0) is 4.79 Å². The number of aromatic nitrogens is 2. The molecular formula is C24H22ClF2N5O2. The fourth-order valence-corrected chi connectivity index (χ4v) is 3.99. The van der Waals surface area contributed by atoms with Gasteiger partial charge in [-0.15, -0.1) is 0 Å². The van der Waals surface area contributed by atoms with Crippen molar-refractivity contribution >= 4 is 34.8 Å². The molecule has 0 unspecified atom stereocenters. The summed E-state index contributed by atoms with van der Waals surface area (Å²) in [6.45, 7) is 1.53. The molecule has 0 fully saturated rings. The van der Waals surface area contributed by atoms with Crippen LogP contribution in [0.5, 0.6) is 0 Å².